The second-order valence-electron chi connectivity index (χ2n) is 14.3. The van der Waals surface area contributed by atoms with Crippen LogP contribution in [0.3, 0.4) is 0 Å². The largest absolute Gasteiger partial charge is 0.472 e. The van der Waals surface area contributed by atoms with Crippen LogP contribution in [0.5, 0.6) is 0 Å². The van der Waals surface area contributed by atoms with Crippen LogP contribution in [0.25, 0.3) is 0 Å². The predicted octanol–water partition coefficient (Wildman–Crippen LogP) is 9.85. The van der Waals surface area contributed by atoms with Crippen molar-refractivity contribution in [2.45, 2.75) is 174 Å². The van der Waals surface area contributed by atoms with Gasteiger partial charge in [0.15, 0.2) is 11.9 Å². The molecule has 0 aliphatic carbocycles. The third-order valence-electron chi connectivity index (χ3n) is 8.69. The number of aliphatic hydroxyl groups is 1. The maximum atomic E-state index is 12.6. The lowest BCUT2D eigenvalue weighted by Crippen LogP contribution is -2.30. The van der Waals surface area contributed by atoms with Gasteiger partial charge < -0.3 is 29.3 Å². The Labute approximate surface area is 347 Å². The number of hydrogen-bond acceptors (Lipinski definition) is 11. The minimum atomic E-state index is -4.89. The van der Waals surface area contributed by atoms with Gasteiger partial charge in [0.1, 0.15) is 12.7 Å². The number of ketones is 1. The zero-order valence-electron chi connectivity index (χ0n) is 35.1. The van der Waals surface area contributed by atoms with E-state index in [0.29, 0.717) is 6.42 Å². The van der Waals surface area contributed by atoms with Gasteiger partial charge in [0, 0.05) is 19.3 Å². The van der Waals surface area contributed by atoms with Crippen LogP contribution < -0.4 is 0 Å². The molecule has 0 amide bonds. The Hall–Kier alpha value is -2.25. The molecule has 4 N–H and O–H groups in total. The lowest BCUT2D eigenvalue weighted by Gasteiger charge is -2.20. The van der Waals surface area contributed by atoms with Gasteiger partial charge in [-0.05, 0) is 44.6 Å². The van der Waals surface area contributed by atoms with Gasteiger partial charge >= 0.3 is 27.6 Å². The lowest BCUT2D eigenvalue weighted by atomic mass is 10.0. The number of hydrogen-bond donors (Lipinski definition) is 4. The van der Waals surface area contributed by atoms with E-state index in [9.17, 15) is 33.5 Å². The van der Waals surface area contributed by atoms with E-state index in [1.54, 1.807) is 12.2 Å². The number of phosphoric acid groups is 2. The van der Waals surface area contributed by atoms with Crippen LogP contribution >= 0.6 is 15.6 Å². The number of rotatable bonds is 40. The molecule has 0 spiro atoms. The molecule has 58 heavy (non-hydrogen) atoms. The standard InChI is InChI=1S/C42H74O14P2/c1-3-5-7-9-11-13-15-17-19-21-23-25-27-30-38(43)31-29-33-42(46)56-40(37-55-58(50,51)54-35-39(44)34-53-57(47,48)49)36-52-41(45)32-28-26-24-22-20-18-16-14-12-10-8-6-4-2/h11,13,17,19,23,25,27,30,39-40,44H,3-10,12,14-16,18,20-22,24,26,28-29,31-37H2,1-2H3,(H,50,51)(H2,47,48,49)/b13-11-,19-17-,25-23-,30-27+/t39-,40+/m0/s1. The molecule has 0 aromatic carbocycles. The molecule has 16 heteroatoms. The molecule has 0 saturated heterocycles. The first kappa shape index (κ1) is 55.8. The highest BCUT2D eigenvalue weighted by Crippen LogP contribution is 2.43. The van der Waals surface area contributed by atoms with Crippen molar-refractivity contribution in [3.63, 3.8) is 0 Å². The topological polar surface area (TPSA) is 212 Å². The Bertz CT molecular complexity index is 1280. The molecular weight excluding hydrogens is 790 g/mol. The maximum Gasteiger partial charge on any atom is 0.472 e. The van der Waals surface area contributed by atoms with Crippen LogP contribution in [0.4, 0.5) is 0 Å². The van der Waals surface area contributed by atoms with Crippen LogP contribution in [0.15, 0.2) is 48.6 Å². The number of phosphoric ester groups is 2. The summed E-state index contributed by atoms with van der Waals surface area (Å²) >= 11 is 0. The van der Waals surface area contributed by atoms with Crippen LogP contribution in [-0.2, 0) is 46.6 Å². The summed E-state index contributed by atoms with van der Waals surface area (Å²) in [5.74, 6) is -1.47. The summed E-state index contributed by atoms with van der Waals surface area (Å²) in [4.78, 5) is 64.8. The molecule has 1 unspecified atom stereocenters. The molecule has 0 aliphatic heterocycles. The zero-order valence-corrected chi connectivity index (χ0v) is 36.9. The van der Waals surface area contributed by atoms with Gasteiger partial charge in [-0.25, -0.2) is 9.13 Å². The Balaban J connectivity index is 4.74. The van der Waals surface area contributed by atoms with E-state index >= 15 is 0 Å². The quantitative estimate of drug-likeness (QED) is 0.0113. The first-order valence-corrected chi connectivity index (χ1v) is 24.3. The van der Waals surface area contributed by atoms with Crippen molar-refractivity contribution in [2.24, 2.45) is 0 Å². The summed E-state index contributed by atoms with van der Waals surface area (Å²) in [5.41, 5.74) is 0. The van der Waals surface area contributed by atoms with Gasteiger partial charge in [0.25, 0.3) is 0 Å². The molecule has 0 aromatic heterocycles. The smallest absolute Gasteiger partial charge is 0.462 e. The van der Waals surface area contributed by atoms with Crippen LogP contribution in [0.2, 0.25) is 0 Å². The van der Waals surface area contributed by atoms with Crippen LogP contribution in [-0.4, -0.2) is 76.1 Å². The Morgan fingerprint density at radius 1 is 0.552 bits per heavy atom. The van der Waals surface area contributed by atoms with Gasteiger partial charge in [-0.15, -0.1) is 0 Å². The molecule has 0 heterocycles. The molecule has 3 atom stereocenters. The monoisotopic (exact) mass is 864 g/mol. The molecule has 0 rings (SSSR count). The first-order valence-electron chi connectivity index (χ1n) is 21.3. The fourth-order valence-corrected chi connectivity index (χ4v) is 6.57. The molecule has 0 aromatic rings. The van der Waals surface area contributed by atoms with E-state index in [-0.39, 0.29) is 31.5 Å². The van der Waals surface area contributed by atoms with Crippen molar-refractivity contribution in [3.8, 4) is 0 Å². The van der Waals surface area contributed by atoms with Gasteiger partial charge in [-0.1, -0.05) is 146 Å². The second-order valence-corrected chi connectivity index (χ2v) is 17.0. The molecule has 0 bridgehead atoms. The summed E-state index contributed by atoms with van der Waals surface area (Å²) in [6.07, 6.45) is 34.0. The number of allylic oxidation sites excluding steroid dienone is 8. The van der Waals surface area contributed by atoms with Crippen molar-refractivity contribution in [1.82, 2.24) is 0 Å². The highest BCUT2D eigenvalue weighted by atomic mass is 31.2. The van der Waals surface area contributed by atoms with Gasteiger partial charge in [-0.3, -0.25) is 28.0 Å². The molecule has 336 valence electrons. The van der Waals surface area contributed by atoms with E-state index < -0.39 is 66.2 Å². The summed E-state index contributed by atoms with van der Waals surface area (Å²) in [6.45, 7) is 1.45. The number of unbranched alkanes of at least 4 members (excludes halogenated alkanes) is 15. The maximum absolute atomic E-state index is 12.6. The number of carbonyl (C=O) groups excluding carboxylic acids is 3. The minimum absolute atomic E-state index is 0.0763. The molecular formula is C42H74O14P2. The lowest BCUT2D eigenvalue weighted by molar-refractivity contribution is -0.161. The average molecular weight is 865 g/mol. The molecule has 14 nitrogen and oxygen atoms in total. The Morgan fingerprint density at radius 2 is 1.07 bits per heavy atom. The molecule has 0 fully saturated rings. The number of aliphatic hydroxyl groups excluding tert-OH is 1. The number of carbonyl (C=O) groups is 3. The van der Waals surface area contributed by atoms with Crippen molar-refractivity contribution >= 4 is 33.4 Å². The van der Waals surface area contributed by atoms with Crippen LogP contribution in [0.1, 0.15) is 162 Å². The number of ether oxygens (including phenoxy) is 2. The van der Waals surface area contributed by atoms with E-state index in [4.69, 9.17) is 23.8 Å². The normalized spacial score (nSPS) is 14.4. The predicted molar refractivity (Wildman–Crippen MR) is 226 cm³/mol. The van der Waals surface area contributed by atoms with E-state index in [1.165, 1.54) is 83.1 Å². The molecule has 0 aliphatic rings. The van der Waals surface area contributed by atoms with Gasteiger partial charge in [0.2, 0.25) is 0 Å². The zero-order chi connectivity index (χ0) is 43.2. The molecule has 0 radical (unpaired) electrons. The molecule has 0 saturated carbocycles. The summed E-state index contributed by atoms with van der Waals surface area (Å²) in [6, 6.07) is 0. The Kier molecular flexibility index (Phi) is 36.3. The second kappa shape index (κ2) is 37.7. The summed E-state index contributed by atoms with van der Waals surface area (Å²) < 4.78 is 47.5. The number of esters is 2. The van der Waals surface area contributed by atoms with Crippen molar-refractivity contribution in [1.29, 1.82) is 0 Å². The SMILES string of the molecule is CCCCC/C=C\C/C=C\C/C=C\C=C\C(=O)CCCC(=O)O[C@H](COC(=O)CCCCCCCCCCCCCCC)COP(=O)(O)OC[C@@H](O)COP(=O)(O)O. The van der Waals surface area contributed by atoms with E-state index in [0.717, 1.165) is 38.5 Å². The van der Waals surface area contributed by atoms with E-state index in [1.807, 2.05) is 6.08 Å². The Morgan fingerprint density at radius 3 is 1.69 bits per heavy atom. The summed E-state index contributed by atoms with van der Waals surface area (Å²) in [5, 5.41) is 9.73. The third-order valence-corrected chi connectivity index (χ3v) is 10.1. The first-order chi connectivity index (χ1) is 27.8. The van der Waals surface area contributed by atoms with Gasteiger partial charge in [0.05, 0.1) is 19.8 Å². The van der Waals surface area contributed by atoms with Crippen LogP contribution in [0, 0.1) is 0 Å². The highest BCUT2D eigenvalue weighted by Gasteiger charge is 2.28. The fraction of sp³-hybridized carbons (Fsp3) is 0.738. The average Bonchev–Trinajstić information content (AvgIpc) is 3.17. The third kappa shape index (κ3) is 40.5. The van der Waals surface area contributed by atoms with Crippen molar-refractivity contribution in [3.05, 3.63) is 48.6 Å². The highest BCUT2D eigenvalue weighted by molar-refractivity contribution is 7.47. The van der Waals surface area contributed by atoms with Gasteiger partial charge in [-0.2, -0.15) is 0 Å². The fourth-order valence-electron chi connectivity index (χ4n) is 5.42. The van der Waals surface area contributed by atoms with Crippen molar-refractivity contribution in [2.75, 3.05) is 26.4 Å². The van der Waals surface area contributed by atoms with E-state index in [2.05, 4.69) is 47.2 Å². The minimum Gasteiger partial charge on any atom is -0.462 e. The summed E-state index contributed by atoms with van der Waals surface area (Å²) in [7, 11) is -9.76. The van der Waals surface area contributed by atoms with Crippen molar-refractivity contribution < 1.29 is 66.3 Å².